The predicted molar refractivity (Wildman–Crippen MR) is 82.9 cm³/mol. The summed E-state index contributed by atoms with van der Waals surface area (Å²) in [6.07, 6.45) is 1.41. The molecule has 104 valence electrons. The van der Waals surface area contributed by atoms with Crippen LogP contribution in [0.3, 0.4) is 0 Å². The Kier molecular flexibility index (Phi) is 4.14. The van der Waals surface area contributed by atoms with E-state index in [1.807, 2.05) is 29.6 Å². The Hall–Kier alpha value is -1.24. The molecule has 1 saturated heterocycles. The predicted octanol–water partition coefficient (Wildman–Crippen LogP) is 3.69. The van der Waals surface area contributed by atoms with E-state index in [-0.39, 0.29) is 12.0 Å². The van der Waals surface area contributed by atoms with Crippen LogP contribution >= 0.6 is 27.3 Å². The van der Waals surface area contributed by atoms with Gasteiger partial charge in [0.25, 0.3) is 5.91 Å². The summed E-state index contributed by atoms with van der Waals surface area (Å²) in [5.41, 5.74) is 1.90. The van der Waals surface area contributed by atoms with E-state index in [0.717, 1.165) is 28.6 Å². The van der Waals surface area contributed by atoms with Gasteiger partial charge in [0.2, 0.25) is 0 Å². The van der Waals surface area contributed by atoms with Crippen molar-refractivity contribution in [3.63, 3.8) is 0 Å². The van der Waals surface area contributed by atoms with Gasteiger partial charge in [-0.25, -0.2) is 4.98 Å². The third kappa shape index (κ3) is 3.08. The van der Waals surface area contributed by atoms with Crippen LogP contribution in [0.1, 0.15) is 12.8 Å². The molecule has 4 nitrogen and oxygen atoms in total. The van der Waals surface area contributed by atoms with Gasteiger partial charge in [-0.15, -0.1) is 11.3 Å². The van der Waals surface area contributed by atoms with E-state index in [1.165, 1.54) is 11.3 Å². The molecular weight excluding hydrogens is 340 g/mol. The lowest BCUT2D eigenvalue weighted by atomic mass is 10.2. The minimum atomic E-state index is -0.324. The van der Waals surface area contributed by atoms with Crippen molar-refractivity contribution in [2.45, 2.75) is 18.9 Å². The van der Waals surface area contributed by atoms with Gasteiger partial charge in [-0.3, -0.25) is 10.1 Å². The first-order valence-corrected chi connectivity index (χ1v) is 8.03. The lowest BCUT2D eigenvalue weighted by Crippen LogP contribution is -2.26. The van der Waals surface area contributed by atoms with Crippen LogP contribution in [0.15, 0.2) is 34.1 Å². The number of thiazole rings is 1. The topological polar surface area (TPSA) is 51.2 Å². The molecular formula is C14H13BrN2O2S. The van der Waals surface area contributed by atoms with Crippen LogP contribution in [0.25, 0.3) is 11.3 Å². The zero-order valence-corrected chi connectivity index (χ0v) is 13.0. The molecule has 0 aliphatic carbocycles. The highest BCUT2D eigenvalue weighted by Gasteiger charge is 2.24. The number of halogens is 1. The minimum Gasteiger partial charge on any atom is -0.368 e. The fraction of sp³-hybridized carbons (Fsp3) is 0.286. The maximum absolute atomic E-state index is 11.9. The summed E-state index contributed by atoms with van der Waals surface area (Å²) in [5, 5.41) is 5.37. The molecule has 0 saturated carbocycles. The Morgan fingerprint density at radius 2 is 2.20 bits per heavy atom. The number of amides is 1. The molecule has 1 N–H and O–H groups in total. The van der Waals surface area contributed by atoms with Crippen molar-refractivity contribution in [2.75, 3.05) is 11.9 Å². The number of benzene rings is 1. The molecule has 6 heteroatoms. The first-order valence-electron chi connectivity index (χ1n) is 6.36. The maximum atomic E-state index is 11.9. The SMILES string of the molecule is O=C(Nc1nc(-c2ccc(Br)cc2)cs1)C1CCCO1. The van der Waals surface area contributed by atoms with Crippen molar-refractivity contribution in [3.8, 4) is 11.3 Å². The Labute approximate surface area is 129 Å². The van der Waals surface area contributed by atoms with Crippen molar-refractivity contribution in [2.24, 2.45) is 0 Å². The summed E-state index contributed by atoms with van der Waals surface area (Å²) in [6.45, 7) is 0.667. The van der Waals surface area contributed by atoms with Crippen molar-refractivity contribution in [1.82, 2.24) is 4.98 Å². The molecule has 0 spiro atoms. The average Bonchev–Trinajstić information content (AvgIpc) is 3.10. The Morgan fingerprint density at radius 3 is 2.90 bits per heavy atom. The number of aromatic nitrogens is 1. The quantitative estimate of drug-likeness (QED) is 0.916. The lowest BCUT2D eigenvalue weighted by Gasteiger charge is -2.07. The number of carbonyl (C=O) groups excluding carboxylic acids is 1. The zero-order valence-electron chi connectivity index (χ0n) is 10.6. The highest BCUT2D eigenvalue weighted by Crippen LogP contribution is 2.26. The molecule has 20 heavy (non-hydrogen) atoms. The summed E-state index contributed by atoms with van der Waals surface area (Å²) >= 11 is 4.83. The maximum Gasteiger partial charge on any atom is 0.255 e. The Bertz CT molecular complexity index is 606. The average molecular weight is 353 g/mol. The molecule has 1 aromatic carbocycles. The molecule has 2 aromatic rings. The second kappa shape index (κ2) is 6.03. The fourth-order valence-electron chi connectivity index (χ4n) is 2.05. The van der Waals surface area contributed by atoms with E-state index < -0.39 is 0 Å². The molecule has 0 bridgehead atoms. The zero-order chi connectivity index (χ0) is 13.9. The molecule has 2 heterocycles. The molecule has 1 aromatic heterocycles. The van der Waals surface area contributed by atoms with E-state index in [4.69, 9.17) is 4.74 Å². The Morgan fingerprint density at radius 1 is 1.40 bits per heavy atom. The number of anilines is 1. The van der Waals surface area contributed by atoms with Crippen LogP contribution in [0.4, 0.5) is 5.13 Å². The van der Waals surface area contributed by atoms with Crippen molar-refractivity contribution >= 4 is 38.3 Å². The minimum absolute atomic E-state index is 0.0980. The van der Waals surface area contributed by atoms with E-state index in [1.54, 1.807) is 0 Å². The van der Waals surface area contributed by atoms with E-state index in [0.29, 0.717) is 11.7 Å². The van der Waals surface area contributed by atoms with Gasteiger partial charge in [-0.2, -0.15) is 0 Å². The van der Waals surface area contributed by atoms with Gasteiger partial charge >= 0.3 is 0 Å². The molecule has 3 rings (SSSR count). The number of nitrogens with zero attached hydrogens (tertiary/aromatic N) is 1. The molecule has 1 fully saturated rings. The highest BCUT2D eigenvalue weighted by atomic mass is 79.9. The second-order valence-corrected chi connectivity index (χ2v) is 6.31. The van der Waals surface area contributed by atoms with E-state index >= 15 is 0 Å². The van der Waals surface area contributed by atoms with Crippen molar-refractivity contribution in [1.29, 1.82) is 0 Å². The fourth-order valence-corrected chi connectivity index (χ4v) is 3.04. The molecule has 1 unspecified atom stereocenters. The molecule has 0 radical (unpaired) electrons. The van der Waals surface area contributed by atoms with Crippen LogP contribution < -0.4 is 5.32 Å². The van der Waals surface area contributed by atoms with E-state index in [2.05, 4.69) is 26.2 Å². The van der Waals surface area contributed by atoms with Gasteiger partial charge in [0.05, 0.1) is 5.69 Å². The van der Waals surface area contributed by atoms with Gasteiger partial charge in [0.15, 0.2) is 5.13 Å². The number of nitrogens with one attached hydrogen (secondary N) is 1. The third-order valence-electron chi connectivity index (χ3n) is 3.10. The van der Waals surface area contributed by atoms with Gasteiger partial charge < -0.3 is 4.74 Å². The molecule has 1 amide bonds. The molecule has 1 aliphatic rings. The summed E-state index contributed by atoms with van der Waals surface area (Å²) in [5.74, 6) is -0.0980. The molecule has 1 atom stereocenters. The van der Waals surface area contributed by atoms with Crippen LogP contribution in [0.2, 0.25) is 0 Å². The number of rotatable bonds is 3. The summed E-state index contributed by atoms with van der Waals surface area (Å²) in [4.78, 5) is 16.4. The van der Waals surface area contributed by atoms with Crippen molar-refractivity contribution < 1.29 is 9.53 Å². The highest BCUT2D eigenvalue weighted by molar-refractivity contribution is 9.10. The van der Waals surface area contributed by atoms with Crippen LogP contribution in [0, 0.1) is 0 Å². The monoisotopic (exact) mass is 352 g/mol. The second-order valence-electron chi connectivity index (χ2n) is 4.54. The lowest BCUT2D eigenvalue weighted by molar-refractivity contribution is -0.124. The van der Waals surface area contributed by atoms with Gasteiger partial charge in [-0.1, -0.05) is 28.1 Å². The van der Waals surface area contributed by atoms with Gasteiger partial charge in [0, 0.05) is 22.0 Å². The summed E-state index contributed by atoms with van der Waals surface area (Å²) < 4.78 is 6.38. The normalized spacial score (nSPS) is 18.1. The molecule has 1 aliphatic heterocycles. The largest absolute Gasteiger partial charge is 0.368 e. The van der Waals surface area contributed by atoms with Crippen LogP contribution in [-0.4, -0.2) is 23.6 Å². The summed E-state index contributed by atoms with van der Waals surface area (Å²) in [6, 6.07) is 7.92. The van der Waals surface area contributed by atoms with Crippen LogP contribution in [-0.2, 0) is 9.53 Å². The van der Waals surface area contributed by atoms with Gasteiger partial charge in [0.1, 0.15) is 6.10 Å². The number of carbonyl (C=O) groups is 1. The standard InChI is InChI=1S/C14H13BrN2O2S/c15-10-5-3-9(4-6-10)11-8-20-14(16-11)17-13(18)12-2-1-7-19-12/h3-6,8,12H,1-2,7H2,(H,16,17,18). The number of hydrogen-bond acceptors (Lipinski definition) is 4. The van der Waals surface area contributed by atoms with Gasteiger partial charge in [-0.05, 0) is 25.0 Å². The smallest absolute Gasteiger partial charge is 0.255 e. The van der Waals surface area contributed by atoms with E-state index in [9.17, 15) is 4.79 Å². The van der Waals surface area contributed by atoms with Crippen molar-refractivity contribution in [3.05, 3.63) is 34.1 Å². The number of ether oxygens (including phenoxy) is 1. The third-order valence-corrected chi connectivity index (χ3v) is 4.38. The summed E-state index contributed by atoms with van der Waals surface area (Å²) in [7, 11) is 0. The Balaban J connectivity index is 1.70. The van der Waals surface area contributed by atoms with Crippen LogP contribution in [0.5, 0.6) is 0 Å². The first kappa shape index (κ1) is 13.7. The first-order chi connectivity index (χ1) is 9.72. The number of hydrogen-bond donors (Lipinski definition) is 1.